The predicted molar refractivity (Wildman–Crippen MR) is 161 cm³/mol. The Kier molecular flexibility index (Phi) is 9.46. The molecule has 4 aromatic rings. The monoisotopic (exact) mass is 571 g/mol. The molecule has 9 nitrogen and oxygen atoms in total. The van der Waals surface area contributed by atoms with E-state index in [1.165, 1.54) is 11.3 Å². The van der Waals surface area contributed by atoms with E-state index in [0.29, 0.717) is 16.5 Å². The number of carbonyl (C=O) groups excluding carboxylic acids is 3. The molecule has 212 valence electrons. The quantitative estimate of drug-likeness (QED) is 0.243. The highest BCUT2D eigenvalue weighted by Gasteiger charge is 2.24. The third kappa shape index (κ3) is 8.71. The fourth-order valence-corrected chi connectivity index (χ4v) is 4.77. The van der Waals surface area contributed by atoms with Gasteiger partial charge < -0.3 is 15.0 Å². The van der Waals surface area contributed by atoms with Crippen LogP contribution in [-0.2, 0) is 20.7 Å². The summed E-state index contributed by atoms with van der Waals surface area (Å²) in [4.78, 5) is 48.5. The van der Waals surface area contributed by atoms with Gasteiger partial charge in [0.05, 0.1) is 18.2 Å². The molecule has 2 N–H and O–H groups in total. The molecule has 0 bridgehead atoms. The van der Waals surface area contributed by atoms with Gasteiger partial charge in [-0.05, 0) is 63.1 Å². The van der Waals surface area contributed by atoms with Gasteiger partial charge in [0.1, 0.15) is 12.1 Å². The number of carbonyl (C=O) groups is 3. The van der Waals surface area contributed by atoms with Crippen LogP contribution < -0.4 is 10.6 Å². The van der Waals surface area contributed by atoms with Gasteiger partial charge in [0.25, 0.3) is 0 Å². The Balaban J connectivity index is 1.41. The third-order valence-corrected chi connectivity index (χ3v) is 6.82. The number of pyridine rings is 1. The average Bonchev–Trinajstić information content (AvgIpc) is 3.40. The number of ether oxygens (including phenoxy) is 1. The van der Waals surface area contributed by atoms with Crippen LogP contribution in [0.2, 0.25) is 0 Å². The van der Waals surface area contributed by atoms with Crippen molar-refractivity contribution in [1.82, 2.24) is 14.9 Å². The van der Waals surface area contributed by atoms with Crippen molar-refractivity contribution < 1.29 is 19.1 Å². The molecule has 0 unspecified atom stereocenters. The Morgan fingerprint density at radius 1 is 0.951 bits per heavy atom. The lowest BCUT2D eigenvalue weighted by Gasteiger charge is -2.29. The van der Waals surface area contributed by atoms with E-state index >= 15 is 0 Å². The lowest BCUT2D eigenvalue weighted by atomic mass is 10.1. The maximum Gasteiger partial charge on any atom is 0.413 e. The van der Waals surface area contributed by atoms with E-state index in [1.54, 1.807) is 62.3 Å². The molecule has 2 aromatic carbocycles. The molecule has 4 rings (SSSR count). The van der Waals surface area contributed by atoms with Crippen molar-refractivity contribution >= 4 is 40.1 Å². The Hall–Kier alpha value is -4.57. The molecule has 1 atom stereocenters. The number of anilines is 2. The maximum atomic E-state index is 13.3. The van der Waals surface area contributed by atoms with Crippen molar-refractivity contribution in [2.75, 3.05) is 17.2 Å². The van der Waals surface area contributed by atoms with Crippen molar-refractivity contribution in [2.24, 2.45) is 0 Å². The van der Waals surface area contributed by atoms with Crippen LogP contribution in [0.5, 0.6) is 0 Å². The van der Waals surface area contributed by atoms with Crippen LogP contribution in [0.1, 0.15) is 44.9 Å². The van der Waals surface area contributed by atoms with E-state index in [0.717, 1.165) is 16.7 Å². The summed E-state index contributed by atoms with van der Waals surface area (Å²) in [6.07, 6.45) is 2.90. The first-order valence-corrected chi connectivity index (χ1v) is 14.0. The van der Waals surface area contributed by atoms with E-state index in [2.05, 4.69) is 20.6 Å². The van der Waals surface area contributed by atoms with Crippen molar-refractivity contribution in [1.29, 1.82) is 0 Å². The van der Waals surface area contributed by atoms with Gasteiger partial charge in [-0.3, -0.25) is 19.9 Å². The second-order valence-electron chi connectivity index (χ2n) is 10.4. The highest BCUT2D eigenvalue weighted by molar-refractivity contribution is 7.14. The molecule has 0 saturated carbocycles. The summed E-state index contributed by atoms with van der Waals surface area (Å²) in [6.45, 7) is 7.20. The molecule has 41 heavy (non-hydrogen) atoms. The molecule has 0 aliphatic carbocycles. The van der Waals surface area contributed by atoms with Crippen LogP contribution >= 0.6 is 11.3 Å². The Morgan fingerprint density at radius 3 is 2.29 bits per heavy atom. The Labute approximate surface area is 243 Å². The molecule has 0 aliphatic rings. The largest absolute Gasteiger partial charge is 0.444 e. The summed E-state index contributed by atoms with van der Waals surface area (Å²) >= 11 is 1.29. The van der Waals surface area contributed by atoms with Gasteiger partial charge in [-0.15, -0.1) is 11.3 Å². The smallest absolute Gasteiger partial charge is 0.413 e. The molecule has 3 amide bonds. The summed E-state index contributed by atoms with van der Waals surface area (Å²) in [5, 5.41) is 7.80. The number of nitrogens with zero attached hydrogens (tertiary/aromatic N) is 3. The van der Waals surface area contributed by atoms with E-state index in [9.17, 15) is 14.4 Å². The zero-order chi connectivity index (χ0) is 29.4. The van der Waals surface area contributed by atoms with Crippen molar-refractivity contribution in [2.45, 2.75) is 45.8 Å². The van der Waals surface area contributed by atoms with E-state index in [4.69, 9.17) is 4.74 Å². The first kappa shape index (κ1) is 29.4. The van der Waals surface area contributed by atoms with Gasteiger partial charge in [0, 0.05) is 29.0 Å². The Bertz CT molecular complexity index is 1470. The molecule has 2 heterocycles. The number of nitrogens with one attached hydrogen (secondary N) is 2. The number of amides is 3. The molecular formula is C31H33N5O4S. The van der Waals surface area contributed by atoms with Gasteiger partial charge in [-0.2, -0.15) is 0 Å². The van der Waals surface area contributed by atoms with Crippen molar-refractivity contribution in [3.8, 4) is 11.3 Å². The summed E-state index contributed by atoms with van der Waals surface area (Å²) in [7, 11) is 0. The number of rotatable bonds is 9. The molecule has 10 heteroatoms. The van der Waals surface area contributed by atoms with Crippen LogP contribution in [0.15, 0.2) is 84.5 Å². The van der Waals surface area contributed by atoms with E-state index in [-0.39, 0.29) is 30.8 Å². The van der Waals surface area contributed by atoms with Crippen molar-refractivity contribution in [3.05, 3.63) is 95.6 Å². The fraction of sp³-hybridized carbons (Fsp3) is 0.258. The lowest BCUT2D eigenvalue weighted by Crippen LogP contribution is -2.40. The molecular weight excluding hydrogens is 538 g/mol. The second-order valence-corrected chi connectivity index (χ2v) is 11.3. The molecule has 2 aromatic heterocycles. The average molecular weight is 572 g/mol. The van der Waals surface area contributed by atoms with Crippen LogP contribution in [0.3, 0.4) is 0 Å². The first-order chi connectivity index (χ1) is 19.6. The van der Waals surface area contributed by atoms with Crippen molar-refractivity contribution in [3.63, 3.8) is 0 Å². The van der Waals surface area contributed by atoms with Crippen LogP contribution in [0.4, 0.5) is 15.6 Å². The second kappa shape index (κ2) is 13.2. The highest BCUT2D eigenvalue weighted by atomic mass is 32.1. The van der Waals surface area contributed by atoms with Gasteiger partial charge in [-0.25, -0.2) is 9.78 Å². The topological polar surface area (TPSA) is 114 Å². The van der Waals surface area contributed by atoms with E-state index in [1.807, 2.05) is 54.8 Å². The van der Waals surface area contributed by atoms with Gasteiger partial charge in [-0.1, -0.05) is 42.5 Å². The van der Waals surface area contributed by atoms with Crippen LogP contribution in [0.25, 0.3) is 11.3 Å². The lowest BCUT2D eigenvalue weighted by molar-refractivity contribution is -0.136. The van der Waals surface area contributed by atoms with Gasteiger partial charge in [0.2, 0.25) is 11.8 Å². The third-order valence-electron chi connectivity index (χ3n) is 6.06. The highest BCUT2D eigenvalue weighted by Crippen LogP contribution is 2.27. The number of hydrogen-bond acceptors (Lipinski definition) is 7. The Morgan fingerprint density at radius 2 is 1.63 bits per heavy atom. The molecule has 0 aliphatic heterocycles. The zero-order valence-corrected chi connectivity index (χ0v) is 24.3. The predicted octanol–water partition coefficient (Wildman–Crippen LogP) is 6.32. The first-order valence-electron chi connectivity index (χ1n) is 13.2. The minimum atomic E-state index is -0.603. The SMILES string of the molecule is C[C@H](c1ccccc1)N(CC(=O)Nc1ccc(-c2csc(NC(=O)OC(C)(C)C)n2)cc1)C(=O)Cc1ccncc1. The number of thiazole rings is 1. The standard InChI is InChI=1S/C31H33N5O4S/c1-21(23-8-6-5-7-9-23)36(28(38)18-22-14-16-32-17-15-22)19-27(37)33-25-12-10-24(11-13-25)26-20-41-29(34-26)35-30(39)40-31(2,3)4/h5-17,20-21H,18-19H2,1-4H3,(H,33,37)(H,34,35,39)/t21-/m1/s1. The summed E-state index contributed by atoms with van der Waals surface area (Å²) in [5.74, 6) is -0.460. The zero-order valence-electron chi connectivity index (χ0n) is 23.5. The molecule has 0 fully saturated rings. The minimum absolute atomic E-state index is 0.104. The fourth-order valence-electron chi connectivity index (χ4n) is 4.06. The van der Waals surface area contributed by atoms with E-state index < -0.39 is 11.7 Å². The summed E-state index contributed by atoms with van der Waals surface area (Å²) in [6, 6.07) is 20.1. The number of aromatic nitrogens is 2. The van der Waals surface area contributed by atoms with Crippen LogP contribution in [0, 0.1) is 0 Å². The minimum Gasteiger partial charge on any atom is -0.444 e. The van der Waals surface area contributed by atoms with Gasteiger partial charge >= 0.3 is 6.09 Å². The van der Waals surface area contributed by atoms with Crippen LogP contribution in [-0.4, -0.2) is 44.9 Å². The number of benzene rings is 2. The number of hydrogen-bond donors (Lipinski definition) is 2. The molecule has 0 saturated heterocycles. The maximum absolute atomic E-state index is 13.3. The summed E-state index contributed by atoms with van der Waals surface area (Å²) < 4.78 is 5.27. The summed E-state index contributed by atoms with van der Waals surface area (Å²) in [5.41, 5.74) is 3.27. The normalized spacial score (nSPS) is 11.8. The molecule has 0 spiro atoms. The molecule has 0 radical (unpaired) electrons. The van der Waals surface area contributed by atoms with Gasteiger partial charge in [0.15, 0.2) is 5.13 Å².